The van der Waals surface area contributed by atoms with Gasteiger partial charge >= 0.3 is 0 Å². The minimum atomic E-state index is -0.202. The third kappa shape index (κ3) is 3.49. The van der Waals surface area contributed by atoms with Crippen molar-refractivity contribution in [2.24, 2.45) is 0 Å². The Morgan fingerprint density at radius 1 is 1.11 bits per heavy atom. The summed E-state index contributed by atoms with van der Waals surface area (Å²) in [6, 6.07) is 12.6. The number of carbonyl (C=O) groups is 1. The van der Waals surface area contributed by atoms with Crippen molar-refractivity contribution in [3.05, 3.63) is 63.6 Å². The zero-order chi connectivity index (χ0) is 13.8. The van der Waals surface area contributed by atoms with Crippen LogP contribution in [0, 0.1) is 0 Å². The zero-order valence-electron chi connectivity index (χ0n) is 10.4. The number of rotatable bonds is 3. The molecule has 4 heteroatoms. The van der Waals surface area contributed by atoms with Gasteiger partial charge in [-0.1, -0.05) is 42.3 Å². The molecule has 0 aliphatic heterocycles. The standard InChI is InChI=1S/C15H13Cl2NO/c1-2-10-4-3-5-12(8-10)18-15(19)11-6-7-13(16)14(17)9-11/h3-9H,2H2,1H3,(H,18,19). The van der Waals surface area contributed by atoms with Gasteiger partial charge < -0.3 is 5.32 Å². The van der Waals surface area contributed by atoms with Crippen LogP contribution < -0.4 is 5.32 Å². The molecule has 0 heterocycles. The van der Waals surface area contributed by atoms with Crippen LogP contribution in [0.15, 0.2) is 42.5 Å². The fraction of sp³-hybridized carbons (Fsp3) is 0.133. The van der Waals surface area contributed by atoms with E-state index in [0.29, 0.717) is 15.6 Å². The molecule has 98 valence electrons. The zero-order valence-corrected chi connectivity index (χ0v) is 11.9. The second kappa shape index (κ2) is 6.09. The number of hydrogen-bond acceptors (Lipinski definition) is 1. The van der Waals surface area contributed by atoms with Gasteiger partial charge in [-0.05, 0) is 42.3 Å². The Hall–Kier alpha value is -1.51. The summed E-state index contributed by atoms with van der Waals surface area (Å²) in [4.78, 5) is 12.1. The topological polar surface area (TPSA) is 29.1 Å². The van der Waals surface area contributed by atoms with E-state index in [1.54, 1.807) is 18.2 Å². The minimum Gasteiger partial charge on any atom is -0.322 e. The average molecular weight is 294 g/mol. The number of halogens is 2. The molecule has 1 N–H and O–H groups in total. The van der Waals surface area contributed by atoms with Crippen LogP contribution in [0.3, 0.4) is 0 Å². The van der Waals surface area contributed by atoms with Gasteiger partial charge in [0.1, 0.15) is 0 Å². The second-order valence-electron chi connectivity index (χ2n) is 4.14. The smallest absolute Gasteiger partial charge is 0.255 e. The van der Waals surface area contributed by atoms with E-state index < -0.39 is 0 Å². The predicted molar refractivity (Wildman–Crippen MR) is 80.2 cm³/mol. The number of amides is 1. The molecule has 0 aromatic heterocycles. The minimum absolute atomic E-state index is 0.202. The van der Waals surface area contributed by atoms with Crippen molar-refractivity contribution < 1.29 is 4.79 Å². The highest BCUT2D eigenvalue weighted by molar-refractivity contribution is 6.42. The normalized spacial score (nSPS) is 10.3. The Balaban J connectivity index is 2.18. The maximum atomic E-state index is 12.1. The van der Waals surface area contributed by atoms with Gasteiger partial charge in [0.05, 0.1) is 10.0 Å². The van der Waals surface area contributed by atoms with Gasteiger partial charge in [-0.25, -0.2) is 0 Å². The molecule has 0 aliphatic rings. The van der Waals surface area contributed by atoms with E-state index in [1.807, 2.05) is 24.3 Å². The first kappa shape index (κ1) is 13.9. The van der Waals surface area contributed by atoms with Crippen LogP contribution in [0.2, 0.25) is 10.0 Å². The van der Waals surface area contributed by atoms with Crippen molar-refractivity contribution in [2.75, 3.05) is 5.32 Å². The van der Waals surface area contributed by atoms with Crippen LogP contribution in [0.25, 0.3) is 0 Å². The third-order valence-corrected chi connectivity index (χ3v) is 3.51. The Kier molecular flexibility index (Phi) is 4.46. The van der Waals surface area contributed by atoms with Crippen molar-refractivity contribution >= 4 is 34.8 Å². The lowest BCUT2D eigenvalue weighted by Gasteiger charge is -2.07. The van der Waals surface area contributed by atoms with Crippen LogP contribution in [0.1, 0.15) is 22.8 Å². The summed E-state index contributed by atoms with van der Waals surface area (Å²) in [7, 11) is 0. The number of anilines is 1. The lowest BCUT2D eigenvalue weighted by molar-refractivity contribution is 0.102. The molecule has 2 aromatic rings. The molecule has 19 heavy (non-hydrogen) atoms. The molecular formula is C15H13Cl2NO. The van der Waals surface area contributed by atoms with E-state index in [-0.39, 0.29) is 5.91 Å². The molecule has 2 rings (SSSR count). The molecule has 0 aliphatic carbocycles. The van der Waals surface area contributed by atoms with Crippen molar-refractivity contribution in [1.82, 2.24) is 0 Å². The molecular weight excluding hydrogens is 281 g/mol. The van der Waals surface area contributed by atoms with E-state index >= 15 is 0 Å². The molecule has 0 bridgehead atoms. The summed E-state index contributed by atoms with van der Waals surface area (Å²) < 4.78 is 0. The van der Waals surface area contributed by atoms with E-state index in [2.05, 4.69) is 12.2 Å². The number of benzene rings is 2. The van der Waals surface area contributed by atoms with E-state index in [0.717, 1.165) is 12.1 Å². The molecule has 1 amide bonds. The van der Waals surface area contributed by atoms with E-state index in [4.69, 9.17) is 23.2 Å². The van der Waals surface area contributed by atoms with E-state index in [1.165, 1.54) is 5.56 Å². The maximum absolute atomic E-state index is 12.1. The fourth-order valence-corrected chi connectivity index (χ4v) is 2.01. The van der Waals surface area contributed by atoms with Crippen molar-refractivity contribution in [1.29, 1.82) is 0 Å². The van der Waals surface area contributed by atoms with Gasteiger partial charge in [0.2, 0.25) is 0 Å². The lowest BCUT2D eigenvalue weighted by Crippen LogP contribution is -2.11. The van der Waals surface area contributed by atoms with Gasteiger partial charge in [0, 0.05) is 11.3 Å². The van der Waals surface area contributed by atoms with Gasteiger partial charge in [0.25, 0.3) is 5.91 Å². The van der Waals surface area contributed by atoms with Crippen LogP contribution >= 0.6 is 23.2 Å². The molecule has 0 atom stereocenters. The van der Waals surface area contributed by atoms with Gasteiger partial charge in [0.15, 0.2) is 0 Å². The van der Waals surface area contributed by atoms with Crippen LogP contribution in [0.4, 0.5) is 5.69 Å². The lowest BCUT2D eigenvalue weighted by atomic mass is 10.1. The summed E-state index contributed by atoms with van der Waals surface area (Å²) in [5, 5.41) is 3.65. The quantitative estimate of drug-likeness (QED) is 0.865. The van der Waals surface area contributed by atoms with Crippen LogP contribution in [0.5, 0.6) is 0 Å². The summed E-state index contributed by atoms with van der Waals surface area (Å²) in [5.41, 5.74) is 2.43. The first-order valence-electron chi connectivity index (χ1n) is 5.95. The maximum Gasteiger partial charge on any atom is 0.255 e. The van der Waals surface area contributed by atoms with Crippen molar-refractivity contribution in [2.45, 2.75) is 13.3 Å². The Morgan fingerprint density at radius 2 is 1.89 bits per heavy atom. The average Bonchev–Trinajstić information content (AvgIpc) is 2.42. The molecule has 0 saturated heterocycles. The number of nitrogens with one attached hydrogen (secondary N) is 1. The summed E-state index contributed by atoms with van der Waals surface area (Å²) in [6.45, 7) is 2.07. The Morgan fingerprint density at radius 3 is 2.58 bits per heavy atom. The first-order valence-corrected chi connectivity index (χ1v) is 6.71. The van der Waals surface area contributed by atoms with Crippen molar-refractivity contribution in [3.63, 3.8) is 0 Å². The number of hydrogen-bond donors (Lipinski definition) is 1. The Labute approximate surface area is 122 Å². The van der Waals surface area contributed by atoms with Gasteiger partial charge in [-0.2, -0.15) is 0 Å². The number of aryl methyl sites for hydroxylation is 1. The summed E-state index contributed by atoms with van der Waals surface area (Å²) in [5.74, 6) is -0.202. The van der Waals surface area contributed by atoms with Gasteiger partial charge in [-0.15, -0.1) is 0 Å². The highest BCUT2D eigenvalue weighted by Gasteiger charge is 2.08. The highest BCUT2D eigenvalue weighted by atomic mass is 35.5. The van der Waals surface area contributed by atoms with Crippen LogP contribution in [-0.2, 0) is 6.42 Å². The second-order valence-corrected chi connectivity index (χ2v) is 4.95. The van der Waals surface area contributed by atoms with E-state index in [9.17, 15) is 4.79 Å². The molecule has 0 spiro atoms. The van der Waals surface area contributed by atoms with Gasteiger partial charge in [-0.3, -0.25) is 4.79 Å². The molecule has 0 unspecified atom stereocenters. The molecule has 0 saturated carbocycles. The largest absolute Gasteiger partial charge is 0.322 e. The first-order chi connectivity index (χ1) is 9.10. The van der Waals surface area contributed by atoms with Crippen LogP contribution in [-0.4, -0.2) is 5.91 Å². The number of carbonyl (C=O) groups excluding carboxylic acids is 1. The molecule has 2 nitrogen and oxygen atoms in total. The SMILES string of the molecule is CCc1cccc(NC(=O)c2ccc(Cl)c(Cl)c2)c1. The summed E-state index contributed by atoms with van der Waals surface area (Å²) in [6.07, 6.45) is 0.927. The third-order valence-electron chi connectivity index (χ3n) is 2.77. The predicted octanol–water partition coefficient (Wildman–Crippen LogP) is 4.81. The monoisotopic (exact) mass is 293 g/mol. The molecule has 0 radical (unpaired) electrons. The fourth-order valence-electron chi connectivity index (χ4n) is 1.71. The van der Waals surface area contributed by atoms with Crippen molar-refractivity contribution in [3.8, 4) is 0 Å². The summed E-state index contributed by atoms with van der Waals surface area (Å²) >= 11 is 11.7. The highest BCUT2D eigenvalue weighted by Crippen LogP contribution is 2.23. The molecule has 2 aromatic carbocycles. The molecule has 0 fully saturated rings. The Bertz CT molecular complexity index is 611.